The number of aromatic nitrogens is 2. The van der Waals surface area contributed by atoms with E-state index in [1.807, 2.05) is 30.3 Å². The van der Waals surface area contributed by atoms with Gasteiger partial charge in [0.1, 0.15) is 5.82 Å². The zero-order chi connectivity index (χ0) is 13.7. The van der Waals surface area contributed by atoms with Crippen molar-refractivity contribution in [2.75, 3.05) is 5.32 Å². The monoisotopic (exact) mass is 259 g/mol. The number of hydrogen-bond donors (Lipinski definition) is 3. The zero-order valence-corrected chi connectivity index (χ0v) is 10.8. The SMILES string of the molecule is Cn1ncc(CN)c1NC(=O)NCc1ccccc1. The molecule has 2 rings (SSSR count). The van der Waals surface area contributed by atoms with Crippen molar-refractivity contribution >= 4 is 11.8 Å². The molecule has 19 heavy (non-hydrogen) atoms. The van der Waals surface area contributed by atoms with E-state index in [1.54, 1.807) is 17.9 Å². The van der Waals surface area contributed by atoms with Crippen molar-refractivity contribution in [3.8, 4) is 0 Å². The number of nitrogens with one attached hydrogen (secondary N) is 2. The van der Waals surface area contributed by atoms with E-state index in [-0.39, 0.29) is 6.03 Å². The van der Waals surface area contributed by atoms with Gasteiger partial charge in [-0.15, -0.1) is 0 Å². The molecule has 6 heteroatoms. The van der Waals surface area contributed by atoms with E-state index in [1.165, 1.54) is 0 Å². The first-order valence-electron chi connectivity index (χ1n) is 6.00. The summed E-state index contributed by atoms with van der Waals surface area (Å²) < 4.78 is 1.59. The van der Waals surface area contributed by atoms with E-state index >= 15 is 0 Å². The van der Waals surface area contributed by atoms with Crippen molar-refractivity contribution in [3.05, 3.63) is 47.7 Å². The molecule has 4 N–H and O–H groups in total. The van der Waals surface area contributed by atoms with Crippen LogP contribution in [0.3, 0.4) is 0 Å². The Bertz CT molecular complexity index is 549. The topological polar surface area (TPSA) is 85.0 Å². The Labute approximate surface area is 111 Å². The maximum absolute atomic E-state index is 11.8. The van der Waals surface area contributed by atoms with Crippen molar-refractivity contribution in [2.45, 2.75) is 13.1 Å². The molecule has 0 spiro atoms. The first-order valence-corrected chi connectivity index (χ1v) is 6.00. The minimum atomic E-state index is -0.276. The van der Waals surface area contributed by atoms with Gasteiger partial charge < -0.3 is 11.1 Å². The minimum absolute atomic E-state index is 0.276. The largest absolute Gasteiger partial charge is 0.334 e. The summed E-state index contributed by atoms with van der Waals surface area (Å²) in [6.07, 6.45) is 1.65. The number of nitrogens with zero attached hydrogens (tertiary/aromatic N) is 2. The van der Waals surface area contributed by atoms with Crippen molar-refractivity contribution in [1.82, 2.24) is 15.1 Å². The molecule has 0 saturated heterocycles. The molecule has 100 valence electrons. The van der Waals surface area contributed by atoms with Gasteiger partial charge in [0.2, 0.25) is 0 Å². The Kier molecular flexibility index (Phi) is 4.15. The predicted octanol–water partition coefficient (Wildman–Crippen LogP) is 1.20. The third-order valence-corrected chi connectivity index (χ3v) is 2.76. The van der Waals surface area contributed by atoms with Crippen molar-refractivity contribution in [1.29, 1.82) is 0 Å². The van der Waals surface area contributed by atoms with Crippen molar-refractivity contribution in [3.63, 3.8) is 0 Å². The molecule has 0 unspecified atom stereocenters. The third-order valence-electron chi connectivity index (χ3n) is 2.76. The number of hydrogen-bond acceptors (Lipinski definition) is 3. The number of amides is 2. The zero-order valence-electron chi connectivity index (χ0n) is 10.8. The number of benzene rings is 1. The number of rotatable bonds is 4. The Hall–Kier alpha value is -2.34. The van der Waals surface area contributed by atoms with Crippen LogP contribution in [-0.2, 0) is 20.1 Å². The maximum atomic E-state index is 11.8. The van der Waals surface area contributed by atoms with Crippen LogP contribution in [-0.4, -0.2) is 15.8 Å². The first-order chi connectivity index (χ1) is 9.20. The molecule has 6 nitrogen and oxygen atoms in total. The van der Waals surface area contributed by atoms with Crippen LogP contribution in [0.4, 0.5) is 10.6 Å². The van der Waals surface area contributed by atoms with Gasteiger partial charge in [0.25, 0.3) is 0 Å². The molecule has 0 fully saturated rings. The highest BCUT2D eigenvalue weighted by Gasteiger charge is 2.10. The lowest BCUT2D eigenvalue weighted by molar-refractivity contribution is 0.251. The van der Waals surface area contributed by atoms with E-state index in [0.29, 0.717) is 18.9 Å². The summed E-state index contributed by atoms with van der Waals surface area (Å²) in [5.74, 6) is 0.619. The highest BCUT2D eigenvalue weighted by Crippen LogP contribution is 2.12. The van der Waals surface area contributed by atoms with E-state index in [9.17, 15) is 4.79 Å². The Morgan fingerprint density at radius 1 is 1.37 bits per heavy atom. The number of carbonyl (C=O) groups excluding carboxylic acids is 1. The molecular weight excluding hydrogens is 242 g/mol. The van der Waals surface area contributed by atoms with Crippen LogP contribution >= 0.6 is 0 Å². The lowest BCUT2D eigenvalue weighted by Gasteiger charge is -2.09. The standard InChI is InChI=1S/C13H17N5O/c1-18-12(11(7-14)9-16-18)17-13(19)15-8-10-5-3-2-4-6-10/h2-6,9H,7-8,14H2,1H3,(H2,15,17,19). The van der Waals surface area contributed by atoms with E-state index in [0.717, 1.165) is 11.1 Å². The molecule has 0 saturated carbocycles. The van der Waals surface area contributed by atoms with E-state index < -0.39 is 0 Å². The van der Waals surface area contributed by atoms with Gasteiger partial charge in [-0.1, -0.05) is 30.3 Å². The Morgan fingerprint density at radius 3 is 2.79 bits per heavy atom. The quantitative estimate of drug-likeness (QED) is 0.771. The summed E-state index contributed by atoms with van der Waals surface area (Å²) in [5, 5.41) is 9.59. The van der Waals surface area contributed by atoms with Gasteiger partial charge in [-0.2, -0.15) is 5.10 Å². The summed E-state index contributed by atoms with van der Waals surface area (Å²) in [7, 11) is 1.76. The Balaban J connectivity index is 1.93. The van der Waals surface area contributed by atoms with Gasteiger partial charge in [-0.3, -0.25) is 10.00 Å². The first kappa shape index (κ1) is 13.1. The average Bonchev–Trinajstić information content (AvgIpc) is 2.78. The average molecular weight is 259 g/mol. The molecule has 0 atom stereocenters. The summed E-state index contributed by atoms with van der Waals surface area (Å²) in [4.78, 5) is 11.8. The fourth-order valence-electron chi connectivity index (χ4n) is 1.72. The lowest BCUT2D eigenvalue weighted by atomic mass is 10.2. The molecule has 0 aliphatic heterocycles. The fraction of sp³-hybridized carbons (Fsp3) is 0.231. The summed E-state index contributed by atoms with van der Waals surface area (Å²) in [6, 6.07) is 9.44. The van der Waals surface area contributed by atoms with Crippen LogP contribution in [0.2, 0.25) is 0 Å². The summed E-state index contributed by atoms with van der Waals surface area (Å²) in [5.41, 5.74) is 7.43. The molecule has 0 aliphatic rings. The second-order valence-electron chi connectivity index (χ2n) is 4.14. The second-order valence-corrected chi connectivity index (χ2v) is 4.14. The molecule has 1 aromatic heterocycles. The maximum Gasteiger partial charge on any atom is 0.320 e. The molecule has 2 amide bonds. The van der Waals surface area contributed by atoms with Crippen LogP contribution in [0.15, 0.2) is 36.5 Å². The predicted molar refractivity (Wildman–Crippen MR) is 73.4 cm³/mol. The van der Waals surface area contributed by atoms with Gasteiger partial charge in [0.05, 0.1) is 6.20 Å². The molecular formula is C13H17N5O. The Morgan fingerprint density at radius 2 is 2.11 bits per heavy atom. The lowest BCUT2D eigenvalue weighted by Crippen LogP contribution is -2.29. The minimum Gasteiger partial charge on any atom is -0.334 e. The van der Waals surface area contributed by atoms with E-state index in [4.69, 9.17) is 5.73 Å². The van der Waals surface area contributed by atoms with Crippen LogP contribution in [0.1, 0.15) is 11.1 Å². The van der Waals surface area contributed by atoms with Crippen molar-refractivity contribution in [2.24, 2.45) is 12.8 Å². The van der Waals surface area contributed by atoms with Crippen LogP contribution in [0, 0.1) is 0 Å². The number of carbonyl (C=O) groups is 1. The molecule has 1 heterocycles. The third kappa shape index (κ3) is 3.32. The highest BCUT2D eigenvalue weighted by atomic mass is 16.2. The van der Waals surface area contributed by atoms with Gasteiger partial charge in [-0.25, -0.2) is 4.79 Å². The van der Waals surface area contributed by atoms with Gasteiger partial charge in [0, 0.05) is 25.7 Å². The number of urea groups is 1. The fourth-order valence-corrected chi connectivity index (χ4v) is 1.72. The van der Waals surface area contributed by atoms with Gasteiger partial charge >= 0.3 is 6.03 Å². The van der Waals surface area contributed by atoms with Gasteiger partial charge in [-0.05, 0) is 5.56 Å². The highest BCUT2D eigenvalue weighted by molar-refractivity contribution is 5.89. The molecule has 0 radical (unpaired) electrons. The van der Waals surface area contributed by atoms with E-state index in [2.05, 4.69) is 15.7 Å². The van der Waals surface area contributed by atoms with Crippen LogP contribution < -0.4 is 16.4 Å². The van der Waals surface area contributed by atoms with Crippen molar-refractivity contribution < 1.29 is 4.79 Å². The summed E-state index contributed by atoms with van der Waals surface area (Å²) >= 11 is 0. The molecule has 0 aliphatic carbocycles. The number of nitrogens with two attached hydrogens (primary N) is 1. The smallest absolute Gasteiger partial charge is 0.320 e. The molecule has 0 bridgehead atoms. The number of aryl methyl sites for hydroxylation is 1. The molecule has 2 aromatic rings. The molecule has 1 aromatic carbocycles. The summed E-state index contributed by atoms with van der Waals surface area (Å²) in [6.45, 7) is 0.810. The van der Waals surface area contributed by atoms with Crippen LogP contribution in [0.5, 0.6) is 0 Å². The number of anilines is 1. The van der Waals surface area contributed by atoms with Crippen LogP contribution in [0.25, 0.3) is 0 Å². The normalized spacial score (nSPS) is 10.2. The second kappa shape index (κ2) is 6.01. The van der Waals surface area contributed by atoms with Gasteiger partial charge in [0.15, 0.2) is 0 Å².